The van der Waals surface area contributed by atoms with Crippen molar-refractivity contribution in [2.45, 2.75) is 25.4 Å². The summed E-state index contributed by atoms with van der Waals surface area (Å²) in [7, 11) is 0. The maximum absolute atomic E-state index is 11.5. The van der Waals surface area contributed by atoms with Crippen LogP contribution >= 0.6 is 0 Å². The number of benzene rings is 4. The predicted molar refractivity (Wildman–Crippen MR) is 139 cm³/mol. The van der Waals surface area contributed by atoms with Crippen molar-refractivity contribution in [3.05, 3.63) is 90.0 Å². The third kappa shape index (κ3) is 5.26. The molecule has 4 aromatic rings. The van der Waals surface area contributed by atoms with Crippen molar-refractivity contribution in [1.29, 1.82) is 0 Å². The van der Waals surface area contributed by atoms with Crippen molar-refractivity contribution in [3.63, 3.8) is 0 Å². The van der Waals surface area contributed by atoms with Crippen LogP contribution in [0.3, 0.4) is 0 Å². The zero-order chi connectivity index (χ0) is 24.2. The quantitative estimate of drug-likeness (QED) is 0.316. The van der Waals surface area contributed by atoms with Gasteiger partial charge >= 0.3 is 0 Å². The zero-order valence-corrected chi connectivity index (χ0v) is 19.7. The molecule has 1 aliphatic heterocycles. The van der Waals surface area contributed by atoms with Gasteiger partial charge in [-0.15, -0.1) is 0 Å². The first kappa shape index (κ1) is 23.2. The van der Waals surface area contributed by atoms with Crippen LogP contribution < -0.4 is 4.74 Å². The van der Waals surface area contributed by atoms with Crippen molar-refractivity contribution in [1.82, 2.24) is 4.90 Å². The van der Waals surface area contributed by atoms with E-state index in [1.54, 1.807) is 24.3 Å². The molecule has 1 aliphatic rings. The summed E-state index contributed by atoms with van der Waals surface area (Å²) >= 11 is 0. The normalized spacial score (nSPS) is 15.2. The molecule has 1 fully saturated rings. The third-order valence-corrected chi connectivity index (χ3v) is 6.82. The van der Waals surface area contributed by atoms with Gasteiger partial charge in [-0.05, 0) is 89.8 Å². The molecule has 180 valence electrons. The molecule has 0 aliphatic carbocycles. The van der Waals surface area contributed by atoms with Crippen LogP contribution in [0, 0.1) is 0 Å². The Hall–Kier alpha value is -3.54. The van der Waals surface area contributed by atoms with Crippen LogP contribution in [0.1, 0.15) is 36.5 Å². The van der Waals surface area contributed by atoms with Gasteiger partial charge in [-0.25, -0.2) is 0 Å². The number of nitrogens with zero attached hydrogens (tertiary/aromatic N) is 1. The van der Waals surface area contributed by atoms with Crippen LogP contribution in [0.25, 0.3) is 21.9 Å². The summed E-state index contributed by atoms with van der Waals surface area (Å²) in [5.74, 6) is 1.17. The van der Waals surface area contributed by atoms with E-state index in [0.717, 1.165) is 58.4 Å². The number of likely N-dealkylation sites (tertiary alicyclic amines) is 1. The Morgan fingerprint density at radius 3 is 2.23 bits per heavy atom. The van der Waals surface area contributed by atoms with E-state index in [4.69, 9.17) is 4.74 Å². The van der Waals surface area contributed by atoms with Gasteiger partial charge in [0, 0.05) is 12.1 Å². The van der Waals surface area contributed by atoms with Gasteiger partial charge in [0.25, 0.3) is 0 Å². The number of phenols is 2. The lowest BCUT2D eigenvalue weighted by atomic mass is 9.88. The van der Waals surface area contributed by atoms with Crippen LogP contribution in [0.2, 0.25) is 0 Å². The summed E-state index contributed by atoms with van der Waals surface area (Å²) in [5, 5.41) is 32.9. The van der Waals surface area contributed by atoms with E-state index >= 15 is 0 Å². The second-order valence-corrected chi connectivity index (χ2v) is 9.20. The largest absolute Gasteiger partial charge is 0.508 e. The Morgan fingerprint density at radius 1 is 0.771 bits per heavy atom. The molecular formula is C30H31NO4. The molecule has 3 N–H and O–H groups in total. The molecule has 1 unspecified atom stereocenters. The van der Waals surface area contributed by atoms with E-state index < -0.39 is 6.10 Å². The fourth-order valence-corrected chi connectivity index (χ4v) is 4.92. The topological polar surface area (TPSA) is 73.2 Å². The minimum absolute atomic E-state index is 0.182. The Bertz CT molecular complexity index is 1280. The molecule has 0 bridgehead atoms. The number of hydrogen-bond acceptors (Lipinski definition) is 5. The highest BCUT2D eigenvalue weighted by Crippen LogP contribution is 2.39. The summed E-state index contributed by atoms with van der Waals surface area (Å²) in [5.41, 5.74) is 3.28. The van der Waals surface area contributed by atoms with E-state index in [1.807, 2.05) is 54.6 Å². The highest BCUT2D eigenvalue weighted by atomic mass is 16.5. The number of ether oxygens (including phenoxy) is 1. The first-order valence-corrected chi connectivity index (χ1v) is 12.3. The number of phenolic OH excluding ortho intramolecular Hbond substituents is 2. The SMILES string of the molecule is Oc1ccc(-c2ccc3cc(O)ccc3c2C(O)c2ccc(OCCN3CCCCC3)cc2)cc1. The lowest BCUT2D eigenvalue weighted by molar-refractivity contribution is 0.183. The molecule has 5 heteroatoms. The fourth-order valence-electron chi connectivity index (χ4n) is 4.92. The third-order valence-electron chi connectivity index (χ3n) is 6.82. The molecule has 4 aromatic carbocycles. The average Bonchev–Trinajstić information content (AvgIpc) is 2.89. The Labute approximate surface area is 205 Å². The van der Waals surface area contributed by atoms with Crippen LogP contribution in [-0.4, -0.2) is 46.5 Å². The van der Waals surface area contributed by atoms with Gasteiger partial charge in [0.2, 0.25) is 0 Å². The summed E-state index contributed by atoms with van der Waals surface area (Å²) in [6.45, 7) is 3.89. The molecule has 1 atom stereocenters. The number of rotatable bonds is 7. The second kappa shape index (κ2) is 10.4. The van der Waals surface area contributed by atoms with E-state index in [0.29, 0.717) is 6.61 Å². The molecule has 5 rings (SSSR count). The number of piperidine rings is 1. The molecule has 35 heavy (non-hydrogen) atoms. The lowest BCUT2D eigenvalue weighted by Crippen LogP contribution is -2.33. The molecule has 1 heterocycles. The van der Waals surface area contributed by atoms with Gasteiger partial charge in [0.05, 0.1) is 0 Å². The van der Waals surface area contributed by atoms with E-state index in [-0.39, 0.29) is 11.5 Å². The Morgan fingerprint density at radius 2 is 1.49 bits per heavy atom. The summed E-state index contributed by atoms with van der Waals surface area (Å²) in [6, 6.07) is 23.6. The average molecular weight is 470 g/mol. The minimum atomic E-state index is -0.880. The number of fused-ring (bicyclic) bond motifs is 1. The van der Waals surface area contributed by atoms with Crippen molar-refractivity contribution in [2.75, 3.05) is 26.2 Å². The van der Waals surface area contributed by atoms with Crippen molar-refractivity contribution in [2.24, 2.45) is 0 Å². The molecule has 0 aromatic heterocycles. The van der Waals surface area contributed by atoms with Gasteiger partial charge < -0.3 is 20.1 Å². The standard InChI is InChI=1S/C30H31NO4/c32-24-9-4-21(5-10-24)27-14-8-23-20-25(33)11-15-28(23)29(27)30(34)22-6-12-26(13-7-22)35-19-18-31-16-2-1-3-17-31/h4-15,20,30,32-34H,1-3,16-19H2. The van der Waals surface area contributed by atoms with Crippen molar-refractivity contribution in [3.8, 4) is 28.4 Å². The van der Waals surface area contributed by atoms with Gasteiger partial charge in [-0.1, -0.05) is 48.9 Å². The minimum Gasteiger partial charge on any atom is -0.508 e. The van der Waals surface area contributed by atoms with Crippen molar-refractivity contribution >= 4 is 10.8 Å². The smallest absolute Gasteiger partial charge is 0.119 e. The highest BCUT2D eigenvalue weighted by Gasteiger charge is 2.20. The first-order valence-electron chi connectivity index (χ1n) is 12.3. The lowest BCUT2D eigenvalue weighted by Gasteiger charge is -2.26. The van der Waals surface area contributed by atoms with Gasteiger partial charge in [-0.2, -0.15) is 0 Å². The number of aliphatic hydroxyl groups excluding tert-OH is 1. The van der Waals surface area contributed by atoms with Crippen LogP contribution in [0.15, 0.2) is 78.9 Å². The molecule has 1 saturated heterocycles. The van der Waals surface area contributed by atoms with Gasteiger partial charge in [-0.3, -0.25) is 4.90 Å². The van der Waals surface area contributed by atoms with Gasteiger partial charge in [0.1, 0.15) is 30.0 Å². The van der Waals surface area contributed by atoms with E-state index in [9.17, 15) is 15.3 Å². The fraction of sp³-hybridized carbons (Fsp3) is 0.267. The van der Waals surface area contributed by atoms with Gasteiger partial charge in [0.15, 0.2) is 0 Å². The molecule has 0 radical (unpaired) electrons. The Balaban J connectivity index is 1.41. The van der Waals surface area contributed by atoms with Crippen LogP contribution in [0.4, 0.5) is 0 Å². The Kier molecular flexibility index (Phi) is 6.89. The number of aromatic hydroxyl groups is 2. The van der Waals surface area contributed by atoms with E-state index in [1.165, 1.54) is 19.3 Å². The number of aliphatic hydroxyl groups is 1. The maximum Gasteiger partial charge on any atom is 0.119 e. The zero-order valence-electron chi connectivity index (χ0n) is 19.7. The predicted octanol–water partition coefficient (Wildman–Crippen LogP) is 5.86. The van der Waals surface area contributed by atoms with Crippen LogP contribution in [-0.2, 0) is 0 Å². The summed E-state index contributed by atoms with van der Waals surface area (Å²) < 4.78 is 5.96. The maximum atomic E-state index is 11.5. The summed E-state index contributed by atoms with van der Waals surface area (Å²) in [6.07, 6.45) is 2.99. The molecular weight excluding hydrogens is 438 g/mol. The monoisotopic (exact) mass is 469 g/mol. The molecule has 0 spiro atoms. The molecule has 5 nitrogen and oxygen atoms in total. The number of hydrogen-bond donors (Lipinski definition) is 3. The van der Waals surface area contributed by atoms with E-state index in [2.05, 4.69) is 4.90 Å². The first-order chi connectivity index (χ1) is 17.1. The highest BCUT2D eigenvalue weighted by molar-refractivity contribution is 5.93. The molecule has 0 amide bonds. The van der Waals surface area contributed by atoms with Crippen LogP contribution in [0.5, 0.6) is 17.2 Å². The molecule has 0 saturated carbocycles. The van der Waals surface area contributed by atoms with Crippen molar-refractivity contribution < 1.29 is 20.1 Å². The summed E-state index contributed by atoms with van der Waals surface area (Å²) in [4.78, 5) is 2.45. The second-order valence-electron chi connectivity index (χ2n) is 9.20.